The molecule has 46 valence electrons. The predicted octanol–water partition coefficient (Wildman–Crippen LogP) is 3.45. The van der Waals surface area contributed by atoms with Crippen molar-refractivity contribution in [3.63, 3.8) is 0 Å². The van der Waals surface area contributed by atoms with Gasteiger partial charge in [-0.3, -0.25) is 0 Å². The lowest BCUT2D eigenvalue weighted by Gasteiger charge is -1.89. The Morgan fingerprint density at radius 2 is 1.75 bits per heavy atom. The summed E-state index contributed by atoms with van der Waals surface area (Å²) in [6.45, 7) is 1.77. The summed E-state index contributed by atoms with van der Waals surface area (Å²) in [5, 5.41) is 0.474. The summed E-state index contributed by atoms with van der Waals surface area (Å²) in [6, 6.07) is 0. The summed E-state index contributed by atoms with van der Waals surface area (Å²) < 4.78 is 0. The molecule has 0 aliphatic heterocycles. The Bertz CT molecular complexity index is 108. The molecule has 0 amide bonds. The zero-order chi connectivity index (χ0) is 6.57. The van der Waals surface area contributed by atoms with Crippen LogP contribution in [0.1, 0.15) is 6.92 Å². The Hall–Kier alpha value is 0.350. The number of allylic oxidation sites excluding steroid dienone is 2. The van der Waals surface area contributed by atoms with Crippen LogP contribution < -0.4 is 0 Å². The molecule has 0 aromatic rings. The fourth-order valence-electron chi connectivity index (χ4n) is 0.138. The lowest BCUT2D eigenvalue weighted by atomic mass is 10.3. The second-order valence-corrected chi connectivity index (χ2v) is 2.09. The van der Waals surface area contributed by atoms with E-state index >= 15 is 0 Å². The molecular weight excluding hydrogens is 166 g/mol. The molecule has 0 saturated heterocycles. The highest BCUT2D eigenvalue weighted by molar-refractivity contribution is 6.39. The van der Waals surface area contributed by atoms with Crippen molar-refractivity contribution in [3.05, 3.63) is 21.7 Å². The van der Waals surface area contributed by atoms with E-state index in [1.54, 1.807) is 6.92 Å². The molecule has 8 heavy (non-hydrogen) atoms. The topological polar surface area (TPSA) is 0 Å². The molecule has 0 nitrogen and oxygen atoms in total. The third-order valence-electron chi connectivity index (χ3n) is 0.636. The maximum absolute atomic E-state index is 5.49. The molecule has 0 aliphatic carbocycles. The minimum Gasteiger partial charge on any atom is -0.0926 e. The SMILES string of the molecule is CC(=C\Cl)/C(Cl)=C/Cl. The second kappa shape index (κ2) is 4.25. The molecule has 0 spiro atoms. The molecule has 0 aliphatic rings. The molecule has 0 bridgehead atoms. The summed E-state index contributed by atoms with van der Waals surface area (Å²) in [5.41, 5.74) is 3.42. The minimum atomic E-state index is 0.474. The molecule has 0 saturated carbocycles. The van der Waals surface area contributed by atoms with Gasteiger partial charge in [0.1, 0.15) is 0 Å². The fraction of sp³-hybridized carbons (Fsp3) is 0.200. The van der Waals surface area contributed by atoms with E-state index in [9.17, 15) is 0 Å². The third-order valence-corrected chi connectivity index (χ3v) is 1.70. The minimum absolute atomic E-state index is 0.474. The van der Waals surface area contributed by atoms with Gasteiger partial charge in [0.05, 0.1) is 5.03 Å². The fourth-order valence-corrected chi connectivity index (χ4v) is 0.538. The third kappa shape index (κ3) is 2.61. The van der Waals surface area contributed by atoms with Crippen molar-refractivity contribution >= 4 is 34.8 Å². The molecule has 0 atom stereocenters. The summed E-state index contributed by atoms with van der Waals surface area (Å²) in [4.78, 5) is 0. The Labute approximate surface area is 63.7 Å². The molecule has 0 heterocycles. The quantitative estimate of drug-likeness (QED) is 0.530. The highest BCUT2D eigenvalue weighted by Gasteiger charge is 1.90. The van der Waals surface area contributed by atoms with E-state index in [-0.39, 0.29) is 0 Å². The zero-order valence-corrected chi connectivity index (χ0v) is 6.56. The Morgan fingerprint density at radius 3 is 1.88 bits per heavy atom. The molecule has 0 aromatic carbocycles. The largest absolute Gasteiger partial charge is 0.0926 e. The molecule has 0 radical (unpaired) electrons. The lowest BCUT2D eigenvalue weighted by Crippen LogP contribution is -1.68. The van der Waals surface area contributed by atoms with Crippen LogP contribution in [-0.2, 0) is 0 Å². The van der Waals surface area contributed by atoms with Gasteiger partial charge in [0.25, 0.3) is 0 Å². The van der Waals surface area contributed by atoms with E-state index in [1.165, 1.54) is 11.1 Å². The van der Waals surface area contributed by atoms with Crippen molar-refractivity contribution in [1.29, 1.82) is 0 Å². The average molecular weight is 171 g/mol. The van der Waals surface area contributed by atoms with Crippen LogP contribution in [0.3, 0.4) is 0 Å². The van der Waals surface area contributed by atoms with Gasteiger partial charge in [0.15, 0.2) is 0 Å². The van der Waals surface area contributed by atoms with Crippen LogP contribution in [0.4, 0.5) is 0 Å². The molecule has 0 fully saturated rings. The van der Waals surface area contributed by atoms with Gasteiger partial charge < -0.3 is 0 Å². The van der Waals surface area contributed by atoms with Gasteiger partial charge in [0, 0.05) is 11.1 Å². The molecule has 0 aromatic heterocycles. The van der Waals surface area contributed by atoms with E-state index in [0.29, 0.717) is 5.03 Å². The van der Waals surface area contributed by atoms with E-state index in [2.05, 4.69) is 0 Å². The van der Waals surface area contributed by atoms with Crippen molar-refractivity contribution in [1.82, 2.24) is 0 Å². The molecule has 0 unspecified atom stereocenters. The van der Waals surface area contributed by atoms with Gasteiger partial charge in [-0.2, -0.15) is 0 Å². The van der Waals surface area contributed by atoms with Crippen LogP contribution in [0.15, 0.2) is 21.7 Å². The summed E-state index contributed by atoms with van der Waals surface area (Å²) in [7, 11) is 0. The van der Waals surface area contributed by atoms with Crippen LogP contribution in [0, 0.1) is 0 Å². The Kier molecular flexibility index (Phi) is 4.44. The van der Waals surface area contributed by atoms with Crippen LogP contribution in [0.2, 0.25) is 0 Å². The molecular formula is C5H5Cl3. The smallest absolute Gasteiger partial charge is 0.0556 e. The van der Waals surface area contributed by atoms with Gasteiger partial charge in [-0.25, -0.2) is 0 Å². The first-order valence-corrected chi connectivity index (χ1v) is 3.20. The van der Waals surface area contributed by atoms with Gasteiger partial charge in [-0.1, -0.05) is 34.8 Å². The van der Waals surface area contributed by atoms with Crippen molar-refractivity contribution in [2.24, 2.45) is 0 Å². The number of hydrogen-bond acceptors (Lipinski definition) is 0. The van der Waals surface area contributed by atoms with Crippen LogP contribution >= 0.6 is 34.8 Å². The van der Waals surface area contributed by atoms with Crippen LogP contribution in [0.25, 0.3) is 0 Å². The van der Waals surface area contributed by atoms with Crippen molar-refractivity contribution < 1.29 is 0 Å². The monoisotopic (exact) mass is 170 g/mol. The van der Waals surface area contributed by atoms with E-state index in [0.717, 1.165) is 5.57 Å². The highest BCUT2D eigenvalue weighted by Crippen LogP contribution is 2.14. The first kappa shape index (κ1) is 8.35. The summed E-state index contributed by atoms with van der Waals surface area (Å²) in [5.74, 6) is 0. The molecule has 0 rings (SSSR count). The average Bonchev–Trinajstić information content (AvgIpc) is 1.84. The van der Waals surface area contributed by atoms with Crippen molar-refractivity contribution in [2.45, 2.75) is 6.92 Å². The van der Waals surface area contributed by atoms with E-state index in [4.69, 9.17) is 34.8 Å². The zero-order valence-electron chi connectivity index (χ0n) is 4.29. The van der Waals surface area contributed by atoms with Crippen molar-refractivity contribution in [3.8, 4) is 0 Å². The Morgan fingerprint density at radius 1 is 1.25 bits per heavy atom. The van der Waals surface area contributed by atoms with Crippen molar-refractivity contribution in [2.75, 3.05) is 0 Å². The van der Waals surface area contributed by atoms with E-state index < -0.39 is 0 Å². The van der Waals surface area contributed by atoms with Gasteiger partial charge in [-0.05, 0) is 12.5 Å². The molecule has 3 heteroatoms. The lowest BCUT2D eigenvalue weighted by molar-refractivity contribution is 1.53. The first-order valence-electron chi connectivity index (χ1n) is 1.95. The van der Waals surface area contributed by atoms with Gasteiger partial charge in [-0.15, -0.1) is 0 Å². The first-order chi connectivity index (χ1) is 3.72. The molecule has 0 N–H and O–H groups in total. The predicted molar refractivity (Wildman–Crippen MR) is 39.4 cm³/mol. The number of hydrogen-bond donors (Lipinski definition) is 0. The van der Waals surface area contributed by atoms with Crippen LogP contribution in [0.5, 0.6) is 0 Å². The number of halogens is 3. The second-order valence-electron chi connectivity index (χ2n) is 1.25. The van der Waals surface area contributed by atoms with Crippen LogP contribution in [-0.4, -0.2) is 0 Å². The number of rotatable bonds is 1. The highest BCUT2D eigenvalue weighted by atomic mass is 35.5. The maximum atomic E-state index is 5.49. The summed E-state index contributed by atoms with van der Waals surface area (Å²) in [6.07, 6.45) is 0. The normalized spacial score (nSPS) is 14.5. The van der Waals surface area contributed by atoms with Gasteiger partial charge >= 0.3 is 0 Å². The Balaban J connectivity index is 4.04. The maximum Gasteiger partial charge on any atom is 0.0556 e. The standard InChI is InChI=1S/C5H5Cl3/c1-4(2-6)5(8)3-7/h2-3H,1H3/b4-2+,5-3-. The van der Waals surface area contributed by atoms with Gasteiger partial charge in [0.2, 0.25) is 0 Å². The summed E-state index contributed by atoms with van der Waals surface area (Å²) >= 11 is 16.0. The van der Waals surface area contributed by atoms with E-state index in [1.807, 2.05) is 0 Å².